The molecule has 0 N–H and O–H groups in total. The summed E-state index contributed by atoms with van der Waals surface area (Å²) in [5.41, 5.74) is 1.10. The van der Waals surface area contributed by atoms with Gasteiger partial charge in [-0.3, -0.25) is 0 Å². The zero-order chi connectivity index (χ0) is 10.4. The van der Waals surface area contributed by atoms with Crippen LogP contribution in [-0.4, -0.2) is 6.29 Å². The molecule has 1 atom stereocenters. The van der Waals surface area contributed by atoms with Crippen molar-refractivity contribution in [1.82, 2.24) is 0 Å². The summed E-state index contributed by atoms with van der Waals surface area (Å²) in [5.74, 6) is 0.176. The van der Waals surface area contributed by atoms with Crippen LogP contribution in [-0.2, 0) is 11.2 Å². The number of hydrogen-bond donors (Lipinski definition) is 0. The molecule has 0 radical (unpaired) electrons. The van der Waals surface area contributed by atoms with Crippen LogP contribution in [0.4, 0.5) is 4.39 Å². The summed E-state index contributed by atoms with van der Waals surface area (Å²) in [5, 5.41) is 0. The van der Waals surface area contributed by atoms with Crippen molar-refractivity contribution in [3.63, 3.8) is 0 Å². The molecule has 0 saturated heterocycles. The van der Waals surface area contributed by atoms with Gasteiger partial charge in [0.2, 0.25) is 0 Å². The quantitative estimate of drug-likeness (QED) is 0.658. The summed E-state index contributed by atoms with van der Waals surface area (Å²) >= 11 is 0. The number of benzene rings is 1. The van der Waals surface area contributed by atoms with E-state index in [-0.39, 0.29) is 5.82 Å². The first kappa shape index (κ1) is 10.9. The van der Waals surface area contributed by atoms with Crippen LogP contribution in [0.3, 0.4) is 0 Å². The van der Waals surface area contributed by atoms with Crippen LogP contribution in [0, 0.1) is 11.7 Å². The lowest BCUT2D eigenvalue weighted by Gasteiger charge is -2.10. The number of aldehydes is 1. The minimum absolute atomic E-state index is 0.211. The number of carbonyl (C=O) groups is 1. The molecule has 0 bridgehead atoms. The molecule has 1 aromatic carbocycles. The highest BCUT2D eigenvalue weighted by atomic mass is 19.1. The molecule has 76 valence electrons. The number of hydrogen-bond acceptors (Lipinski definition) is 1. The van der Waals surface area contributed by atoms with Gasteiger partial charge in [0, 0.05) is 6.42 Å². The lowest BCUT2D eigenvalue weighted by molar-refractivity contribution is -0.108. The van der Waals surface area contributed by atoms with Crippen LogP contribution in [0.5, 0.6) is 0 Å². The summed E-state index contributed by atoms with van der Waals surface area (Å²) in [6, 6.07) is 6.48. The van der Waals surface area contributed by atoms with Crippen LogP contribution >= 0.6 is 0 Å². The van der Waals surface area contributed by atoms with Crippen molar-refractivity contribution >= 4 is 6.29 Å². The zero-order valence-corrected chi connectivity index (χ0v) is 8.37. The number of carbonyl (C=O) groups excluding carboxylic acids is 1. The second kappa shape index (κ2) is 5.53. The van der Waals surface area contributed by atoms with Gasteiger partial charge in [0.15, 0.2) is 0 Å². The van der Waals surface area contributed by atoms with Crippen molar-refractivity contribution in [2.45, 2.75) is 26.2 Å². The first-order chi connectivity index (χ1) is 6.76. The third-order valence-electron chi connectivity index (χ3n) is 2.44. The van der Waals surface area contributed by atoms with Gasteiger partial charge in [0.25, 0.3) is 0 Å². The van der Waals surface area contributed by atoms with Crippen molar-refractivity contribution in [3.05, 3.63) is 35.6 Å². The molecule has 0 aliphatic heterocycles. The van der Waals surface area contributed by atoms with E-state index in [1.54, 1.807) is 12.1 Å². The van der Waals surface area contributed by atoms with E-state index in [0.717, 1.165) is 24.7 Å². The van der Waals surface area contributed by atoms with Gasteiger partial charge >= 0.3 is 0 Å². The monoisotopic (exact) mass is 194 g/mol. The highest BCUT2D eigenvalue weighted by molar-refractivity contribution is 5.49. The molecule has 2 heteroatoms. The van der Waals surface area contributed by atoms with E-state index in [1.807, 2.05) is 0 Å². The molecule has 1 aromatic rings. The third-order valence-corrected chi connectivity index (χ3v) is 2.44. The second-order valence-corrected chi connectivity index (χ2v) is 3.51. The third kappa shape index (κ3) is 3.29. The smallest absolute Gasteiger partial charge is 0.123 e. The fraction of sp³-hybridized carbons (Fsp3) is 0.417. The van der Waals surface area contributed by atoms with Crippen LogP contribution < -0.4 is 0 Å². The van der Waals surface area contributed by atoms with E-state index in [9.17, 15) is 9.18 Å². The Morgan fingerprint density at radius 3 is 2.50 bits per heavy atom. The van der Waals surface area contributed by atoms with Crippen LogP contribution in [0.15, 0.2) is 24.3 Å². The van der Waals surface area contributed by atoms with E-state index in [2.05, 4.69) is 6.92 Å². The Bertz CT molecular complexity index is 279. The van der Waals surface area contributed by atoms with Gasteiger partial charge in [0.1, 0.15) is 12.1 Å². The molecule has 0 heterocycles. The van der Waals surface area contributed by atoms with Crippen molar-refractivity contribution < 1.29 is 9.18 Å². The van der Waals surface area contributed by atoms with E-state index >= 15 is 0 Å². The molecule has 0 aliphatic carbocycles. The topological polar surface area (TPSA) is 17.1 Å². The van der Waals surface area contributed by atoms with Gasteiger partial charge in [-0.05, 0) is 30.0 Å². The van der Waals surface area contributed by atoms with Crippen LogP contribution in [0.1, 0.15) is 25.3 Å². The molecular formula is C12H15FO. The largest absolute Gasteiger partial charge is 0.303 e. The van der Waals surface area contributed by atoms with Gasteiger partial charge in [-0.1, -0.05) is 25.5 Å². The van der Waals surface area contributed by atoms with Crippen molar-refractivity contribution in [1.29, 1.82) is 0 Å². The van der Waals surface area contributed by atoms with Crippen LogP contribution in [0.2, 0.25) is 0 Å². The second-order valence-electron chi connectivity index (χ2n) is 3.51. The van der Waals surface area contributed by atoms with Crippen molar-refractivity contribution in [2.24, 2.45) is 5.92 Å². The van der Waals surface area contributed by atoms with Gasteiger partial charge < -0.3 is 4.79 Å². The predicted molar refractivity (Wildman–Crippen MR) is 54.6 cm³/mol. The lowest BCUT2D eigenvalue weighted by atomic mass is 9.94. The van der Waals surface area contributed by atoms with Crippen molar-refractivity contribution in [2.75, 3.05) is 0 Å². The molecule has 1 nitrogen and oxygen atoms in total. The van der Waals surface area contributed by atoms with Gasteiger partial charge in [-0.2, -0.15) is 0 Å². The van der Waals surface area contributed by atoms with Gasteiger partial charge in [-0.25, -0.2) is 4.39 Å². The Morgan fingerprint density at radius 1 is 1.36 bits per heavy atom. The molecule has 0 fully saturated rings. The average molecular weight is 194 g/mol. The predicted octanol–water partition coefficient (Wildman–Crippen LogP) is 2.98. The standard InChI is InChI=1S/C12H15FO/c1-2-10(7-8-14)9-11-3-5-12(13)6-4-11/h3-6,8,10H,2,7,9H2,1H3. The molecule has 1 rings (SSSR count). The maximum atomic E-state index is 12.6. The van der Waals surface area contributed by atoms with E-state index < -0.39 is 0 Å². The SMILES string of the molecule is CCC(CC=O)Cc1ccc(F)cc1. The number of rotatable bonds is 5. The molecule has 0 amide bonds. The highest BCUT2D eigenvalue weighted by Gasteiger charge is 2.06. The van der Waals surface area contributed by atoms with Gasteiger partial charge in [-0.15, -0.1) is 0 Å². The first-order valence-corrected chi connectivity index (χ1v) is 4.94. The zero-order valence-electron chi connectivity index (χ0n) is 8.37. The molecule has 0 saturated carbocycles. The summed E-state index contributed by atoms with van der Waals surface area (Å²) in [7, 11) is 0. The fourth-order valence-corrected chi connectivity index (χ4v) is 1.48. The average Bonchev–Trinajstić information content (AvgIpc) is 2.20. The van der Waals surface area contributed by atoms with Gasteiger partial charge in [0.05, 0.1) is 0 Å². The maximum absolute atomic E-state index is 12.6. The minimum Gasteiger partial charge on any atom is -0.303 e. The highest BCUT2D eigenvalue weighted by Crippen LogP contribution is 2.14. The first-order valence-electron chi connectivity index (χ1n) is 4.94. The van der Waals surface area contributed by atoms with Crippen molar-refractivity contribution in [3.8, 4) is 0 Å². The Hall–Kier alpha value is -1.18. The summed E-state index contributed by atoms with van der Waals surface area (Å²) in [4.78, 5) is 10.4. The Morgan fingerprint density at radius 2 is 2.00 bits per heavy atom. The molecule has 14 heavy (non-hydrogen) atoms. The maximum Gasteiger partial charge on any atom is 0.123 e. The van der Waals surface area contributed by atoms with Crippen LogP contribution in [0.25, 0.3) is 0 Å². The molecule has 0 aromatic heterocycles. The molecule has 0 spiro atoms. The summed E-state index contributed by atoms with van der Waals surface area (Å²) < 4.78 is 12.6. The fourth-order valence-electron chi connectivity index (χ4n) is 1.48. The van der Waals surface area contributed by atoms with E-state index in [1.165, 1.54) is 12.1 Å². The molecular weight excluding hydrogens is 179 g/mol. The summed E-state index contributed by atoms with van der Waals surface area (Å²) in [6.07, 6.45) is 3.39. The Balaban J connectivity index is 2.57. The van der Waals surface area contributed by atoms with E-state index in [0.29, 0.717) is 12.3 Å². The Kier molecular flexibility index (Phi) is 4.30. The molecule has 1 unspecified atom stereocenters. The summed E-state index contributed by atoms with van der Waals surface area (Å²) in [6.45, 7) is 2.07. The lowest BCUT2D eigenvalue weighted by Crippen LogP contribution is -2.03. The Labute approximate surface area is 83.9 Å². The number of halogens is 1. The minimum atomic E-state index is -0.211. The van der Waals surface area contributed by atoms with E-state index in [4.69, 9.17) is 0 Å². The normalized spacial score (nSPS) is 12.4. The molecule has 0 aliphatic rings.